The van der Waals surface area contributed by atoms with Crippen molar-refractivity contribution in [3.63, 3.8) is 0 Å². The zero-order valence-corrected chi connectivity index (χ0v) is 19.5. The number of carbonyl (C=O) groups excluding carboxylic acids is 1. The Morgan fingerprint density at radius 1 is 0.917 bits per heavy atom. The van der Waals surface area contributed by atoms with Crippen molar-refractivity contribution in [2.75, 3.05) is 26.6 Å². The van der Waals surface area contributed by atoms with Gasteiger partial charge in [-0.3, -0.25) is 14.2 Å². The fraction of sp³-hybridized carbons (Fsp3) is 0.160. The molecule has 4 rings (SSSR count). The Bertz CT molecular complexity index is 1600. The number of rotatable bonds is 7. The largest absolute Gasteiger partial charge is 0.497 e. The van der Waals surface area contributed by atoms with Crippen LogP contribution in [-0.2, 0) is 11.3 Å². The third-order valence-electron chi connectivity index (χ3n) is 5.47. The van der Waals surface area contributed by atoms with Crippen molar-refractivity contribution in [3.05, 3.63) is 87.1 Å². The summed E-state index contributed by atoms with van der Waals surface area (Å²) < 4.78 is 45.0. The van der Waals surface area contributed by atoms with Gasteiger partial charge in [0, 0.05) is 18.2 Å². The van der Waals surface area contributed by atoms with E-state index in [4.69, 9.17) is 14.2 Å². The Labute approximate surface area is 203 Å². The highest BCUT2D eigenvalue weighted by Gasteiger charge is 2.20. The van der Waals surface area contributed by atoms with Crippen LogP contribution in [0.2, 0.25) is 0 Å². The molecule has 186 valence electrons. The van der Waals surface area contributed by atoms with Crippen LogP contribution >= 0.6 is 0 Å². The molecular formula is C25H21F2N3O6. The number of nitrogens with zero attached hydrogens (tertiary/aromatic N) is 2. The molecule has 0 atom stereocenters. The van der Waals surface area contributed by atoms with Gasteiger partial charge in [-0.25, -0.2) is 18.1 Å². The van der Waals surface area contributed by atoms with Crippen molar-refractivity contribution in [2.45, 2.75) is 6.54 Å². The molecular weight excluding hydrogens is 476 g/mol. The number of carbonyl (C=O) groups is 1. The molecule has 0 fully saturated rings. The number of methoxy groups -OCH3 is 3. The Morgan fingerprint density at radius 2 is 1.64 bits per heavy atom. The summed E-state index contributed by atoms with van der Waals surface area (Å²) in [5, 5.41) is 2.38. The van der Waals surface area contributed by atoms with Gasteiger partial charge >= 0.3 is 5.69 Å². The van der Waals surface area contributed by atoms with Crippen LogP contribution in [0, 0.1) is 11.6 Å². The minimum Gasteiger partial charge on any atom is -0.497 e. The van der Waals surface area contributed by atoms with Gasteiger partial charge in [-0.2, -0.15) is 0 Å². The van der Waals surface area contributed by atoms with Crippen LogP contribution < -0.4 is 30.8 Å². The summed E-state index contributed by atoms with van der Waals surface area (Å²) in [6.07, 6.45) is 0. The van der Waals surface area contributed by atoms with Gasteiger partial charge in [-0.05, 0) is 30.3 Å². The predicted octanol–water partition coefficient (Wildman–Crippen LogP) is 3.10. The van der Waals surface area contributed by atoms with Crippen LogP contribution in [0.25, 0.3) is 16.6 Å². The molecule has 0 saturated heterocycles. The van der Waals surface area contributed by atoms with Gasteiger partial charge in [0.25, 0.3) is 5.56 Å². The molecule has 0 radical (unpaired) electrons. The van der Waals surface area contributed by atoms with Gasteiger partial charge < -0.3 is 19.5 Å². The average molecular weight is 497 g/mol. The number of amides is 1. The lowest BCUT2D eigenvalue weighted by atomic mass is 10.2. The van der Waals surface area contributed by atoms with Gasteiger partial charge in [0.15, 0.2) is 11.5 Å². The number of hydrogen-bond donors (Lipinski definition) is 1. The predicted molar refractivity (Wildman–Crippen MR) is 128 cm³/mol. The molecule has 0 unspecified atom stereocenters. The van der Waals surface area contributed by atoms with Crippen molar-refractivity contribution < 1.29 is 27.8 Å². The Balaban J connectivity index is 1.92. The Kier molecular flexibility index (Phi) is 6.73. The van der Waals surface area contributed by atoms with E-state index in [-0.39, 0.29) is 33.8 Å². The Morgan fingerprint density at radius 3 is 2.31 bits per heavy atom. The highest BCUT2D eigenvalue weighted by Crippen LogP contribution is 2.30. The van der Waals surface area contributed by atoms with Crippen molar-refractivity contribution in [2.24, 2.45) is 0 Å². The average Bonchev–Trinajstić information content (AvgIpc) is 2.87. The van der Waals surface area contributed by atoms with Gasteiger partial charge in [0.2, 0.25) is 5.91 Å². The maximum atomic E-state index is 14.1. The number of hydrogen-bond acceptors (Lipinski definition) is 6. The normalized spacial score (nSPS) is 10.8. The minimum absolute atomic E-state index is 0.0656. The van der Waals surface area contributed by atoms with E-state index in [1.54, 1.807) is 12.1 Å². The zero-order chi connectivity index (χ0) is 26.0. The van der Waals surface area contributed by atoms with Crippen LogP contribution in [-0.4, -0.2) is 36.4 Å². The maximum absolute atomic E-state index is 14.1. The third kappa shape index (κ3) is 4.50. The molecule has 1 heterocycles. The van der Waals surface area contributed by atoms with Crippen molar-refractivity contribution in [1.29, 1.82) is 0 Å². The lowest BCUT2D eigenvalue weighted by Crippen LogP contribution is -2.41. The topological polar surface area (TPSA) is 101 Å². The molecule has 9 nitrogen and oxygen atoms in total. The minimum atomic E-state index is -0.978. The van der Waals surface area contributed by atoms with Gasteiger partial charge in [0.05, 0.1) is 43.6 Å². The number of aromatic nitrogens is 2. The molecule has 0 aliphatic heterocycles. The van der Waals surface area contributed by atoms with E-state index in [2.05, 4.69) is 5.32 Å². The quantitative estimate of drug-likeness (QED) is 0.421. The van der Waals surface area contributed by atoms with Crippen molar-refractivity contribution >= 4 is 22.5 Å². The Hall–Kier alpha value is -4.67. The molecule has 0 aliphatic carbocycles. The molecule has 0 bridgehead atoms. The highest BCUT2D eigenvalue weighted by atomic mass is 19.1. The third-order valence-corrected chi connectivity index (χ3v) is 5.47. The van der Waals surface area contributed by atoms with Gasteiger partial charge in [-0.1, -0.05) is 6.07 Å². The number of ether oxygens (including phenoxy) is 3. The molecule has 0 spiro atoms. The van der Waals surface area contributed by atoms with Gasteiger partial charge in [-0.15, -0.1) is 0 Å². The highest BCUT2D eigenvalue weighted by molar-refractivity contribution is 5.92. The summed E-state index contributed by atoms with van der Waals surface area (Å²) in [7, 11) is 4.22. The smallest absolute Gasteiger partial charge is 0.336 e. The van der Waals surface area contributed by atoms with Crippen LogP contribution in [0.15, 0.2) is 64.2 Å². The lowest BCUT2D eigenvalue weighted by molar-refractivity contribution is -0.116. The summed E-state index contributed by atoms with van der Waals surface area (Å²) in [6.45, 7) is -0.591. The maximum Gasteiger partial charge on any atom is 0.336 e. The SMILES string of the molecule is COc1cccc(-n2c(=O)c3cc(OC)c(OC)cc3n(CC(=O)Nc3ccc(F)cc3F)c2=O)c1. The van der Waals surface area contributed by atoms with E-state index >= 15 is 0 Å². The fourth-order valence-corrected chi connectivity index (χ4v) is 3.75. The first kappa shape index (κ1) is 24.5. The molecule has 0 aliphatic rings. The molecule has 1 amide bonds. The van der Waals surface area contributed by atoms with Crippen LogP contribution in [0.1, 0.15) is 0 Å². The van der Waals surface area contributed by atoms with Gasteiger partial charge in [0.1, 0.15) is 23.9 Å². The molecule has 11 heteroatoms. The van der Waals surface area contributed by atoms with E-state index in [0.717, 1.165) is 21.3 Å². The zero-order valence-electron chi connectivity index (χ0n) is 19.5. The number of anilines is 1. The van der Waals surface area contributed by atoms with E-state index in [0.29, 0.717) is 11.8 Å². The molecule has 3 aromatic carbocycles. The standard InChI is InChI=1S/C25H21F2N3O6/c1-34-16-6-4-5-15(10-16)30-24(32)17-11-21(35-2)22(36-3)12-20(17)29(25(30)33)13-23(31)28-19-8-7-14(26)9-18(19)27/h4-12H,13H2,1-3H3,(H,28,31). The molecule has 1 aromatic heterocycles. The van der Waals surface area contributed by atoms with Crippen molar-refractivity contribution in [1.82, 2.24) is 9.13 Å². The first-order chi connectivity index (χ1) is 17.3. The number of benzene rings is 3. The second kappa shape index (κ2) is 9.90. The molecule has 1 N–H and O–H groups in total. The van der Waals surface area contributed by atoms with Crippen LogP contribution in [0.3, 0.4) is 0 Å². The molecule has 0 saturated carbocycles. The first-order valence-electron chi connectivity index (χ1n) is 10.6. The van der Waals surface area contributed by atoms with E-state index < -0.39 is 35.3 Å². The van der Waals surface area contributed by atoms with Crippen LogP contribution in [0.5, 0.6) is 17.2 Å². The number of nitrogens with one attached hydrogen (secondary N) is 1. The summed E-state index contributed by atoms with van der Waals surface area (Å²) >= 11 is 0. The second-order valence-corrected chi connectivity index (χ2v) is 7.61. The monoisotopic (exact) mass is 497 g/mol. The summed E-state index contributed by atoms with van der Waals surface area (Å²) in [4.78, 5) is 39.8. The summed E-state index contributed by atoms with van der Waals surface area (Å²) in [5.74, 6) is -1.70. The second-order valence-electron chi connectivity index (χ2n) is 7.61. The molecule has 36 heavy (non-hydrogen) atoms. The molecule has 4 aromatic rings. The lowest BCUT2D eigenvalue weighted by Gasteiger charge is -2.17. The summed E-state index contributed by atoms with van der Waals surface area (Å²) in [6, 6.07) is 11.8. The first-order valence-corrected chi connectivity index (χ1v) is 10.6. The fourth-order valence-electron chi connectivity index (χ4n) is 3.75. The van der Waals surface area contributed by atoms with Crippen molar-refractivity contribution in [3.8, 4) is 22.9 Å². The van der Waals surface area contributed by atoms with Crippen LogP contribution in [0.4, 0.5) is 14.5 Å². The van der Waals surface area contributed by atoms with E-state index in [9.17, 15) is 23.2 Å². The number of fused-ring (bicyclic) bond motifs is 1. The summed E-state index contributed by atoms with van der Waals surface area (Å²) in [5.41, 5.74) is -1.46. The van der Waals surface area contributed by atoms with E-state index in [1.165, 1.54) is 45.6 Å². The number of halogens is 2. The van der Waals surface area contributed by atoms with E-state index in [1.807, 2.05) is 0 Å².